The Morgan fingerprint density at radius 3 is 2.00 bits per heavy atom. The van der Waals surface area contributed by atoms with Crippen LogP contribution in [-0.2, 0) is 9.47 Å². The molecular weight excluding hydrogens is 242 g/mol. The summed E-state index contributed by atoms with van der Waals surface area (Å²) in [5, 5.41) is 10.5. The minimum atomic E-state index is -0.461. The first-order chi connectivity index (χ1) is 8.62. The fourth-order valence-corrected chi connectivity index (χ4v) is 3.71. The van der Waals surface area contributed by atoms with E-state index in [1.807, 2.05) is 13.8 Å². The summed E-state index contributed by atoms with van der Waals surface area (Å²) >= 11 is 0. The van der Waals surface area contributed by atoms with E-state index < -0.39 is 11.7 Å². The Bertz CT molecular complexity index is 319. The van der Waals surface area contributed by atoms with E-state index in [9.17, 15) is 5.11 Å². The van der Waals surface area contributed by atoms with Crippen molar-refractivity contribution < 1.29 is 14.6 Å². The molecule has 0 aromatic heterocycles. The van der Waals surface area contributed by atoms with E-state index in [2.05, 4.69) is 32.6 Å². The third-order valence-electron chi connectivity index (χ3n) is 4.46. The second-order valence-electron chi connectivity index (χ2n) is 7.34. The first-order valence-corrected chi connectivity index (χ1v) is 7.38. The molecule has 2 aliphatic rings. The average molecular weight is 271 g/mol. The molecule has 2 saturated heterocycles. The van der Waals surface area contributed by atoms with Gasteiger partial charge in [0.05, 0.1) is 29.5 Å². The Balaban J connectivity index is 2.05. The number of morpholine rings is 1. The topological polar surface area (TPSA) is 41.9 Å². The molecule has 0 bridgehead atoms. The van der Waals surface area contributed by atoms with Gasteiger partial charge in [-0.25, -0.2) is 0 Å². The van der Waals surface area contributed by atoms with Crippen LogP contribution in [0.15, 0.2) is 0 Å². The zero-order valence-corrected chi connectivity index (χ0v) is 13.1. The number of hydrogen-bond acceptors (Lipinski definition) is 4. The molecule has 0 aliphatic carbocycles. The van der Waals surface area contributed by atoms with Gasteiger partial charge in [-0.15, -0.1) is 0 Å². The second-order valence-corrected chi connectivity index (χ2v) is 7.34. The van der Waals surface area contributed by atoms with Crippen molar-refractivity contribution in [3.63, 3.8) is 0 Å². The van der Waals surface area contributed by atoms with Crippen molar-refractivity contribution in [2.24, 2.45) is 5.92 Å². The van der Waals surface area contributed by atoms with Crippen molar-refractivity contribution in [2.75, 3.05) is 19.6 Å². The third-order valence-corrected chi connectivity index (χ3v) is 4.46. The van der Waals surface area contributed by atoms with Gasteiger partial charge in [0.25, 0.3) is 0 Å². The highest BCUT2D eigenvalue weighted by molar-refractivity contribution is 5.02. The number of aliphatic hydroxyl groups excluding tert-OH is 1. The van der Waals surface area contributed by atoms with Gasteiger partial charge in [-0.05, 0) is 41.5 Å². The zero-order chi connectivity index (χ0) is 14.4. The first kappa shape index (κ1) is 15.2. The molecule has 0 saturated carbocycles. The highest BCUT2D eigenvalue weighted by Crippen LogP contribution is 2.42. The predicted octanol–water partition coefficient (Wildman–Crippen LogP) is 1.66. The monoisotopic (exact) mass is 271 g/mol. The van der Waals surface area contributed by atoms with Crippen molar-refractivity contribution in [2.45, 2.75) is 71.1 Å². The van der Waals surface area contributed by atoms with E-state index >= 15 is 0 Å². The van der Waals surface area contributed by atoms with E-state index in [1.54, 1.807) is 0 Å². The summed E-state index contributed by atoms with van der Waals surface area (Å²) in [6.07, 6.45) is 0.106. The van der Waals surface area contributed by atoms with Gasteiger partial charge in [0.15, 0.2) is 0 Å². The molecule has 0 aromatic rings. The van der Waals surface area contributed by atoms with Crippen LogP contribution in [0.4, 0.5) is 0 Å². The lowest BCUT2D eigenvalue weighted by Gasteiger charge is -2.39. The number of hydrogen-bond donors (Lipinski definition) is 1. The van der Waals surface area contributed by atoms with E-state index in [0.717, 1.165) is 19.6 Å². The Kier molecular flexibility index (Phi) is 4.00. The summed E-state index contributed by atoms with van der Waals surface area (Å²) in [5.74, 6) is 0.139. The van der Waals surface area contributed by atoms with Crippen molar-refractivity contribution in [1.29, 1.82) is 0 Å². The highest BCUT2D eigenvalue weighted by atomic mass is 16.5. The molecule has 112 valence electrons. The van der Waals surface area contributed by atoms with Gasteiger partial charge in [0.2, 0.25) is 0 Å². The van der Waals surface area contributed by atoms with Gasteiger partial charge in [-0.3, -0.25) is 4.90 Å². The smallest absolute Gasteiger partial charge is 0.0896 e. The number of ether oxygens (including phenoxy) is 2. The van der Waals surface area contributed by atoms with Crippen LogP contribution in [-0.4, -0.2) is 59.2 Å². The van der Waals surface area contributed by atoms with Crippen LogP contribution in [0.5, 0.6) is 0 Å². The first-order valence-electron chi connectivity index (χ1n) is 7.38. The lowest BCUT2D eigenvalue weighted by molar-refractivity contribution is -0.0958. The molecule has 2 heterocycles. The maximum absolute atomic E-state index is 10.5. The molecule has 1 N–H and O–H groups in total. The van der Waals surface area contributed by atoms with Crippen molar-refractivity contribution in [1.82, 2.24) is 4.90 Å². The van der Waals surface area contributed by atoms with Crippen LogP contribution in [0.3, 0.4) is 0 Å². The SMILES string of the molecule is C[C@@H]1CN(CC2C(O)C(C)(C)OC2(C)C)C[C@H](C)O1. The molecule has 0 amide bonds. The van der Waals surface area contributed by atoms with Gasteiger partial charge < -0.3 is 14.6 Å². The lowest BCUT2D eigenvalue weighted by atomic mass is 9.84. The van der Waals surface area contributed by atoms with Crippen LogP contribution >= 0.6 is 0 Å². The van der Waals surface area contributed by atoms with E-state index in [0.29, 0.717) is 0 Å². The van der Waals surface area contributed by atoms with Gasteiger partial charge in [0.1, 0.15) is 0 Å². The van der Waals surface area contributed by atoms with Gasteiger partial charge >= 0.3 is 0 Å². The lowest BCUT2D eigenvalue weighted by Crippen LogP contribution is -2.51. The summed E-state index contributed by atoms with van der Waals surface area (Å²) in [6, 6.07) is 0. The molecule has 4 heteroatoms. The molecule has 19 heavy (non-hydrogen) atoms. The molecule has 2 rings (SSSR count). The summed E-state index contributed by atoms with van der Waals surface area (Å²) < 4.78 is 11.8. The number of nitrogens with zero attached hydrogens (tertiary/aromatic N) is 1. The summed E-state index contributed by atoms with van der Waals surface area (Å²) in [6.45, 7) is 15.1. The molecule has 2 fully saturated rings. The quantitative estimate of drug-likeness (QED) is 0.829. The Morgan fingerprint density at radius 1 is 1.05 bits per heavy atom. The van der Waals surface area contributed by atoms with Gasteiger partial charge in [-0.1, -0.05) is 0 Å². The van der Waals surface area contributed by atoms with Crippen LogP contribution in [0.25, 0.3) is 0 Å². The largest absolute Gasteiger partial charge is 0.390 e. The highest BCUT2D eigenvalue weighted by Gasteiger charge is 2.53. The van der Waals surface area contributed by atoms with Crippen molar-refractivity contribution >= 4 is 0 Å². The third kappa shape index (κ3) is 3.13. The summed E-state index contributed by atoms with van der Waals surface area (Å²) in [4.78, 5) is 2.40. The van der Waals surface area contributed by atoms with Crippen molar-refractivity contribution in [3.05, 3.63) is 0 Å². The molecule has 4 nitrogen and oxygen atoms in total. The van der Waals surface area contributed by atoms with Crippen LogP contribution in [0, 0.1) is 5.92 Å². The maximum Gasteiger partial charge on any atom is 0.0896 e. The standard InChI is InChI=1S/C15H29NO3/c1-10-7-16(8-11(2)18-10)9-12-13(17)15(5,6)19-14(12,3)4/h10-13,17H,7-9H2,1-6H3/t10-,11+,12?,13?. The Labute approximate surface area is 117 Å². The minimum Gasteiger partial charge on any atom is -0.390 e. The molecule has 0 aromatic carbocycles. The fraction of sp³-hybridized carbons (Fsp3) is 1.00. The zero-order valence-electron chi connectivity index (χ0n) is 13.1. The normalized spacial score (nSPS) is 42.5. The molecular formula is C15H29NO3. The van der Waals surface area contributed by atoms with Gasteiger partial charge in [0, 0.05) is 25.6 Å². The predicted molar refractivity (Wildman–Crippen MR) is 75.2 cm³/mol. The number of rotatable bonds is 2. The second kappa shape index (κ2) is 4.99. The average Bonchev–Trinajstić information content (AvgIpc) is 2.35. The fourth-order valence-electron chi connectivity index (χ4n) is 3.71. The summed E-state index contributed by atoms with van der Waals surface area (Å²) in [5.41, 5.74) is -0.745. The molecule has 2 unspecified atom stereocenters. The van der Waals surface area contributed by atoms with Crippen LogP contribution in [0.2, 0.25) is 0 Å². The maximum atomic E-state index is 10.5. The summed E-state index contributed by atoms with van der Waals surface area (Å²) in [7, 11) is 0. The Morgan fingerprint density at radius 2 is 1.58 bits per heavy atom. The molecule has 4 atom stereocenters. The van der Waals surface area contributed by atoms with E-state index in [4.69, 9.17) is 9.47 Å². The Hall–Kier alpha value is -0.160. The van der Waals surface area contributed by atoms with E-state index in [1.165, 1.54) is 0 Å². The molecule has 0 spiro atoms. The number of aliphatic hydroxyl groups is 1. The molecule has 2 aliphatic heterocycles. The van der Waals surface area contributed by atoms with Crippen molar-refractivity contribution in [3.8, 4) is 0 Å². The van der Waals surface area contributed by atoms with Crippen LogP contribution < -0.4 is 0 Å². The van der Waals surface area contributed by atoms with E-state index in [-0.39, 0.29) is 23.7 Å². The van der Waals surface area contributed by atoms with Crippen LogP contribution in [0.1, 0.15) is 41.5 Å². The molecule has 0 radical (unpaired) electrons. The van der Waals surface area contributed by atoms with Gasteiger partial charge in [-0.2, -0.15) is 0 Å². The minimum absolute atomic E-state index is 0.139.